The number of rotatable bonds is 6. The zero-order valence-electron chi connectivity index (χ0n) is 15.9. The van der Waals surface area contributed by atoms with Gasteiger partial charge in [-0.25, -0.2) is 4.98 Å². The molecule has 0 aliphatic carbocycles. The topological polar surface area (TPSA) is 88.6 Å². The summed E-state index contributed by atoms with van der Waals surface area (Å²) >= 11 is 0. The van der Waals surface area contributed by atoms with Gasteiger partial charge in [-0.15, -0.1) is 0 Å². The Morgan fingerprint density at radius 2 is 1.93 bits per heavy atom. The molecule has 2 N–H and O–H groups in total. The lowest BCUT2D eigenvalue weighted by Crippen LogP contribution is -2.27. The van der Waals surface area contributed by atoms with Gasteiger partial charge in [-0.3, -0.25) is 14.0 Å². The molecule has 0 aliphatic rings. The number of benzene rings is 1. The van der Waals surface area contributed by atoms with Crippen LogP contribution in [0.3, 0.4) is 0 Å². The van der Waals surface area contributed by atoms with Crippen LogP contribution in [0.25, 0.3) is 16.9 Å². The smallest absolute Gasteiger partial charge is 0.286 e. The van der Waals surface area contributed by atoms with Crippen LogP contribution < -0.4 is 10.6 Å². The molecule has 1 aromatic carbocycles. The summed E-state index contributed by atoms with van der Waals surface area (Å²) < 4.78 is 6.89. The van der Waals surface area contributed by atoms with Crippen LogP contribution in [0.15, 0.2) is 71.5 Å². The fourth-order valence-electron chi connectivity index (χ4n) is 3.04. The van der Waals surface area contributed by atoms with E-state index in [0.717, 1.165) is 16.8 Å². The lowest BCUT2D eigenvalue weighted by molar-refractivity contribution is -0.116. The molecule has 0 atom stereocenters. The van der Waals surface area contributed by atoms with E-state index < -0.39 is 0 Å². The Kier molecular flexibility index (Phi) is 5.11. The molecule has 0 unspecified atom stereocenters. The van der Waals surface area contributed by atoms with Crippen molar-refractivity contribution in [3.8, 4) is 11.3 Å². The summed E-state index contributed by atoms with van der Waals surface area (Å²) in [6.45, 7) is 2.19. The number of carbonyl (C=O) groups is 2. The first-order valence-corrected chi connectivity index (χ1v) is 9.27. The molecule has 3 aromatic heterocycles. The standard InChI is InChI=1S/C22H20N4O3/c1-15-10-12-26-18(14-15)24-20(16-6-3-2-4-7-16)21(26)25-19(27)9-11-23-22(28)17-8-5-13-29-17/h2-8,10,12-14H,9,11H2,1H3,(H,23,28)(H,25,27). The second kappa shape index (κ2) is 8.02. The van der Waals surface area contributed by atoms with Crippen molar-refractivity contribution in [2.75, 3.05) is 11.9 Å². The lowest BCUT2D eigenvalue weighted by Gasteiger charge is -2.08. The van der Waals surface area contributed by atoms with Gasteiger partial charge in [0.25, 0.3) is 5.91 Å². The number of anilines is 1. The van der Waals surface area contributed by atoms with Gasteiger partial charge >= 0.3 is 0 Å². The van der Waals surface area contributed by atoms with E-state index in [1.54, 1.807) is 12.1 Å². The Morgan fingerprint density at radius 3 is 2.69 bits per heavy atom. The molecule has 2 amide bonds. The van der Waals surface area contributed by atoms with E-state index in [0.29, 0.717) is 11.5 Å². The molecule has 4 aromatic rings. The molecule has 29 heavy (non-hydrogen) atoms. The number of hydrogen-bond acceptors (Lipinski definition) is 4. The number of hydrogen-bond donors (Lipinski definition) is 2. The number of pyridine rings is 1. The average molecular weight is 388 g/mol. The maximum Gasteiger partial charge on any atom is 0.286 e. The summed E-state index contributed by atoms with van der Waals surface area (Å²) in [5, 5.41) is 5.62. The Labute approximate surface area is 167 Å². The number of aromatic nitrogens is 2. The van der Waals surface area contributed by atoms with Gasteiger partial charge in [-0.2, -0.15) is 0 Å². The number of aryl methyl sites for hydroxylation is 1. The minimum atomic E-state index is -0.349. The minimum Gasteiger partial charge on any atom is -0.459 e. The zero-order valence-corrected chi connectivity index (χ0v) is 15.9. The van der Waals surface area contributed by atoms with E-state index in [1.165, 1.54) is 6.26 Å². The fraction of sp³-hybridized carbons (Fsp3) is 0.136. The third-order valence-corrected chi connectivity index (χ3v) is 4.47. The molecule has 7 heteroatoms. The largest absolute Gasteiger partial charge is 0.459 e. The van der Waals surface area contributed by atoms with Crippen molar-refractivity contribution in [2.24, 2.45) is 0 Å². The van der Waals surface area contributed by atoms with Crippen molar-refractivity contribution >= 4 is 23.3 Å². The number of carbonyl (C=O) groups excluding carboxylic acids is 2. The zero-order chi connectivity index (χ0) is 20.2. The predicted molar refractivity (Wildman–Crippen MR) is 110 cm³/mol. The minimum absolute atomic E-state index is 0.125. The van der Waals surface area contributed by atoms with Crippen LogP contribution in [0.4, 0.5) is 5.82 Å². The van der Waals surface area contributed by atoms with Crippen LogP contribution in [-0.4, -0.2) is 27.7 Å². The van der Waals surface area contributed by atoms with Crippen LogP contribution >= 0.6 is 0 Å². The molecular formula is C22H20N4O3. The van der Waals surface area contributed by atoms with Crippen LogP contribution in [0.2, 0.25) is 0 Å². The highest BCUT2D eigenvalue weighted by Gasteiger charge is 2.17. The number of fused-ring (bicyclic) bond motifs is 1. The highest BCUT2D eigenvalue weighted by molar-refractivity contribution is 5.95. The molecule has 4 rings (SSSR count). The number of nitrogens with zero attached hydrogens (tertiary/aromatic N) is 2. The molecule has 0 saturated carbocycles. The van der Waals surface area contributed by atoms with Crippen molar-refractivity contribution in [1.29, 1.82) is 0 Å². The molecule has 0 bridgehead atoms. The maximum absolute atomic E-state index is 12.5. The van der Waals surface area contributed by atoms with E-state index in [9.17, 15) is 9.59 Å². The van der Waals surface area contributed by atoms with Crippen molar-refractivity contribution in [1.82, 2.24) is 14.7 Å². The molecule has 0 aliphatic heterocycles. The maximum atomic E-state index is 12.5. The van der Waals surface area contributed by atoms with Gasteiger partial charge < -0.3 is 15.1 Å². The van der Waals surface area contributed by atoms with Gasteiger partial charge in [0.15, 0.2) is 5.76 Å². The highest BCUT2D eigenvalue weighted by Crippen LogP contribution is 2.29. The van der Waals surface area contributed by atoms with Gasteiger partial charge in [0.2, 0.25) is 5.91 Å². The molecule has 0 saturated heterocycles. The molecule has 0 radical (unpaired) electrons. The fourth-order valence-corrected chi connectivity index (χ4v) is 3.04. The Morgan fingerprint density at radius 1 is 1.10 bits per heavy atom. The summed E-state index contributed by atoms with van der Waals surface area (Å²) in [4.78, 5) is 29.2. The number of nitrogens with one attached hydrogen (secondary N) is 2. The summed E-state index contributed by atoms with van der Waals surface area (Å²) in [7, 11) is 0. The van der Waals surface area contributed by atoms with Crippen LogP contribution in [0.5, 0.6) is 0 Å². The second-order valence-corrected chi connectivity index (χ2v) is 6.64. The van der Waals surface area contributed by atoms with Gasteiger partial charge in [-0.05, 0) is 36.8 Å². The van der Waals surface area contributed by atoms with E-state index in [4.69, 9.17) is 9.40 Å². The Bertz CT molecular complexity index is 1150. The van der Waals surface area contributed by atoms with E-state index in [-0.39, 0.29) is 30.5 Å². The van der Waals surface area contributed by atoms with E-state index >= 15 is 0 Å². The van der Waals surface area contributed by atoms with Crippen molar-refractivity contribution in [3.05, 3.63) is 78.4 Å². The van der Waals surface area contributed by atoms with E-state index in [1.807, 2.05) is 60.0 Å². The number of furan rings is 1. The molecule has 3 heterocycles. The second-order valence-electron chi connectivity index (χ2n) is 6.64. The SMILES string of the molecule is Cc1ccn2c(NC(=O)CCNC(=O)c3ccco3)c(-c3ccccc3)nc2c1. The predicted octanol–water partition coefficient (Wildman–Crippen LogP) is 3.66. The monoisotopic (exact) mass is 388 g/mol. The van der Waals surface area contributed by atoms with Crippen molar-refractivity contribution < 1.29 is 14.0 Å². The normalized spacial score (nSPS) is 10.8. The Hall–Kier alpha value is -3.87. The van der Waals surface area contributed by atoms with Gasteiger partial charge in [0.05, 0.1) is 6.26 Å². The number of amides is 2. The Balaban J connectivity index is 1.52. The quantitative estimate of drug-likeness (QED) is 0.528. The molecule has 0 fully saturated rings. The molecule has 0 spiro atoms. The van der Waals surface area contributed by atoms with Crippen LogP contribution in [-0.2, 0) is 4.79 Å². The van der Waals surface area contributed by atoms with Crippen molar-refractivity contribution in [3.63, 3.8) is 0 Å². The first-order chi connectivity index (χ1) is 14.1. The highest BCUT2D eigenvalue weighted by atomic mass is 16.3. The lowest BCUT2D eigenvalue weighted by atomic mass is 10.1. The third-order valence-electron chi connectivity index (χ3n) is 4.47. The first kappa shape index (κ1) is 18.5. The third kappa shape index (κ3) is 4.03. The van der Waals surface area contributed by atoms with Crippen molar-refractivity contribution in [2.45, 2.75) is 13.3 Å². The summed E-state index contributed by atoms with van der Waals surface area (Å²) in [5.74, 6) is 0.254. The van der Waals surface area contributed by atoms with Gasteiger partial charge in [0.1, 0.15) is 17.2 Å². The van der Waals surface area contributed by atoms with Gasteiger partial charge in [0, 0.05) is 24.7 Å². The van der Waals surface area contributed by atoms with E-state index in [2.05, 4.69) is 10.6 Å². The molecule has 146 valence electrons. The molecule has 7 nitrogen and oxygen atoms in total. The summed E-state index contributed by atoms with van der Waals surface area (Å²) in [5.41, 5.74) is 3.45. The van der Waals surface area contributed by atoms with Crippen LogP contribution in [0, 0.1) is 6.92 Å². The number of imidazole rings is 1. The van der Waals surface area contributed by atoms with Crippen LogP contribution in [0.1, 0.15) is 22.5 Å². The molecular weight excluding hydrogens is 368 g/mol. The first-order valence-electron chi connectivity index (χ1n) is 9.27. The summed E-state index contributed by atoms with van der Waals surface area (Å²) in [6.07, 6.45) is 3.44. The van der Waals surface area contributed by atoms with Gasteiger partial charge in [-0.1, -0.05) is 30.3 Å². The summed E-state index contributed by atoms with van der Waals surface area (Å²) in [6, 6.07) is 16.8. The average Bonchev–Trinajstić information content (AvgIpc) is 3.37.